The summed E-state index contributed by atoms with van der Waals surface area (Å²) >= 11 is 0. The van der Waals surface area contributed by atoms with Crippen molar-refractivity contribution < 1.29 is 9.90 Å². The number of aromatic nitrogens is 2. The molecular formula is C11H11N3O2. The third-order valence-electron chi connectivity index (χ3n) is 2.81. The molecule has 1 N–H and O–H groups in total. The Labute approximate surface area is 91.9 Å². The minimum atomic E-state index is -0.370. The number of fused-ring (bicyclic) bond motifs is 1. The molecule has 1 amide bonds. The zero-order valence-electron chi connectivity index (χ0n) is 8.58. The maximum Gasteiger partial charge on any atom is 0.257 e. The van der Waals surface area contributed by atoms with E-state index in [1.165, 1.54) is 0 Å². The van der Waals surface area contributed by atoms with Gasteiger partial charge in [-0.05, 0) is 12.1 Å². The Hall–Kier alpha value is -1.88. The van der Waals surface area contributed by atoms with Crippen molar-refractivity contribution in [2.24, 2.45) is 0 Å². The van der Waals surface area contributed by atoms with Gasteiger partial charge in [0.1, 0.15) is 0 Å². The summed E-state index contributed by atoms with van der Waals surface area (Å²) in [6.07, 6.45) is 3.00. The van der Waals surface area contributed by atoms with Gasteiger partial charge in [0.25, 0.3) is 5.91 Å². The van der Waals surface area contributed by atoms with Gasteiger partial charge in [-0.3, -0.25) is 4.79 Å². The molecule has 0 unspecified atom stereocenters. The third kappa shape index (κ3) is 1.29. The zero-order valence-corrected chi connectivity index (χ0v) is 8.58. The molecule has 5 nitrogen and oxygen atoms in total. The molecule has 0 aromatic carbocycles. The van der Waals surface area contributed by atoms with Crippen LogP contribution in [0.4, 0.5) is 0 Å². The number of hydrogen-bond donors (Lipinski definition) is 1. The number of aliphatic hydroxyl groups excluding tert-OH is 1. The van der Waals surface area contributed by atoms with Crippen molar-refractivity contribution in [3.05, 3.63) is 36.2 Å². The van der Waals surface area contributed by atoms with Gasteiger partial charge in [0.05, 0.1) is 23.4 Å². The van der Waals surface area contributed by atoms with Gasteiger partial charge in [0.2, 0.25) is 0 Å². The lowest BCUT2D eigenvalue weighted by Gasteiger charge is -2.35. The predicted molar refractivity (Wildman–Crippen MR) is 57.1 cm³/mol. The van der Waals surface area contributed by atoms with Crippen molar-refractivity contribution in [2.45, 2.75) is 6.10 Å². The molecule has 0 atom stereocenters. The maximum atomic E-state index is 12.0. The van der Waals surface area contributed by atoms with E-state index in [1.54, 1.807) is 21.8 Å². The van der Waals surface area contributed by atoms with Crippen LogP contribution in [0.3, 0.4) is 0 Å². The molecule has 16 heavy (non-hydrogen) atoms. The largest absolute Gasteiger partial charge is 0.389 e. The number of β-amino-alcohol motifs (C(OH)–C–C–N with tert-alkyl or cyclic N) is 1. The van der Waals surface area contributed by atoms with Gasteiger partial charge in [0.15, 0.2) is 0 Å². The Morgan fingerprint density at radius 2 is 2.25 bits per heavy atom. The SMILES string of the molecule is O=C(c1cnn2ccccc12)N1CC(O)C1. The van der Waals surface area contributed by atoms with E-state index in [9.17, 15) is 4.79 Å². The Morgan fingerprint density at radius 1 is 1.44 bits per heavy atom. The Morgan fingerprint density at radius 3 is 3.00 bits per heavy atom. The fourth-order valence-electron chi connectivity index (χ4n) is 1.89. The van der Waals surface area contributed by atoms with Crippen LogP contribution in [0.2, 0.25) is 0 Å². The molecule has 82 valence electrons. The fraction of sp³-hybridized carbons (Fsp3) is 0.273. The van der Waals surface area contributed by atoms with Crippen LogP contribution in [0.5, 0.6) is 0 Å². The Kier molecular flexibility index (Phi) is 1.94. The highest BCUT2D eigenvalue weighted by Gasteiger charge is 2.30. The number of amides is 1. The fourth-order valence-corrected chi connectivity index (χ4v) is 1.89. The summed E-state index contributed by atoms with van der Waals surface area (Å²) in [5.41, 5.74) is 1.39. The minimum absolute atomic E-state index is 0.0634. The number of nitrogens with zero attached hydrogens (tertiary/aromatic N) is 3. The Balaban J connectivity index is 1.97. The molecule has 0 saturated carbocycles. The lowest BCUT2D eigenvalue weighted by atomic mass is 10.1. The van der Waals surface area contributed by atoms with E-state index in [0.29, 0.717) is 18.7 Å². The highest BCUT2D eigenvalue weighted by molar-refractivity contribution is 6.01. The monoisotopic (exact) mass is 217 g/mol. The van der Waals surface area contributed by atoms with Crippen LogP contribution in [-0.2, 0) is 0 Å². The first-order chi connectivity index (χ1) is 7.75. The topological polar surface area (TPSA) is 57.8 Å². The van der Waals surface area contributed by atoms with E-state index < -0.39 is 0 Å². The highest BCUT2D eigenvalue weighted by Crippen LogP contribution is 2.16. The molecule has 0 bridgehead atoms. The quantitative estimate of drug-likeness (QED) is 0.739. The maximum absolute atomic E-state index is 12.0. The molecule has 2 aromatic rings. The molecule has 3 heterocycles. The van der Waals surface area contributed by atoms with Gasteiger partial charge in [-0.25, -0.2) is 4.52 Å². The lowest BCUT2D eigenvalue weighted by molar-refractivity contribution is 0.00602. The summed E-state index contributed by atoms with van der Waals surface area (Å²) in [6.45, 7) is 0.839. The van der Waals surface area contributed by atoms with Crippen LogP contribution >= 0.6 is 0 Å². The van der Waals surface area contributed by atoms with Crippen molar-refractivity contribution in [3.8, 4) is 0 Å². The summed E-state index contributed by atoms with van der Waals surface area (Å²) in [6, 6.07) is 5.59. The van der Waals surface area contributed by atoms with Gasteiger partial charge in [-0.15, -0.1) is 0 Å². The first kappa shape index (κ1) is 9.35. The number of aliphatic hydroxyl groups is 1. The molecule has 0 radical (unpaired) electrons. The number of rotatable bonds is 1. The molecule has 5 heteroatoms. The summed E-state index contributed by atoms with van der Waals surface area (Å²) < 4.78 is 1.67. The first-order valence-corrected chi connectivity index (χ1v) is 5.15. The third-order valence-corrected chi connectivity index (χ3v) is 2.81. The van der Waals surface area contributed by atoms with Crippen molar-refractivity contribution in [1.82, 2.24) is 14.5 Å². The molecule has 1 fully saturated rings. The number of likely N-dealkylation sites (tertiary alicyclic amines) is 1. The summed E-state index contributed by atoms with van der Waals surface area (Å²) in [4.78, 5) is 13.6. The molecular weight excluding hydrogens is 206 g/mol. The van der Waals surface area contributed by atoms with Gasteiger partial charge < -0.3 is 10.0 Å². The van der Waals surface area contributed by atoms with E-state index in [0.717, 1.165) is 5.52 Å². The number of hydrogen-bond acceptors (Lipinski definition) is 3. The molecule has 1 aliphatic heterocycles. The Bertz CT molecular complexity index is 543. The average molecular weight is 217 g/mol. The molecule has 1 saturated heterocycles. The van der Waals surface area contributed by atoms with Crippen LogP contribution in [0.15, 0.2) is 30.6 Å². The van der Waals surface area contributed by atoms with E-state index in [4.69, 9.17) is 5.11 Å². The van der Waals surface area contributed by atoms with E-state index >= 15 is 0 Å². The second-order valence-electron chi connectivity index (χ2n) is 3.95. The summed E-state index contributed by atoms with van der Waals surface area (Å²) in [7, 11) is 0. The van der Waals surface area contributed by atoms with Crippen LogP contribution in [0.1, 0.15) is 10.4 Å². The van der Waals surface area contributed by atoms with E-state index in [1.807, 2.05) is 18.2 Å². The van der Waals surface area contributed by atoms with Crippen molar-refractivity contribution in [2.75, 3.05) is 13.1 Å². The van der Waals surface area contributed by atoms with Crippen LogP contribution < -0.4 is 0 Å². The van der Waals surface area contributed by atoms with Crippen molar-refractivity contribution in [1.29, 1.82) is 0 Å². The molecule has 0 aliphatic carbocycles. The smallest absolute Gasteiger partial charge is 0.257 e. The molecule has 0 spiro atoms. The van der Waals surface area contributed by atoms with E-state index in [2.05, 4.69) is 5.10 Å². The van der Waals surface area contributed by atoms with Crippen LogP contribution in [0.25, 0.3) is 5.52 Å². The van der Waals surface area contributed by atoms with Gasteiger partial charge in [0, 0.05) is 19.3 Å². The molecule has 1 aliphatic rings. The van der Waals surface area contributed by atoms with Crippen molar-refractivity contribution >= 4 is 11.4 Å². The lowest BCUT2D eigenvalue weighted by Crippen LogP contribution is -2.53. The molecule has 2 aromatic heterocycles. The number of carbonyl (C=O) groups excluding carboxylic acids is 1. The van der Waals surface area contributed by atoms with Crippen LogP contribution in [-0.4, -0.2) is 44.7 Å². The highest BCUT2D eigenvalue weighted by atomic mass is 16.3. The summed E-state index contributed by atoms with van der Waals surface area (Å²) in [5.74, 6) is -0.0634. The van der Waals surface area contributed by atoms with E-state index in [-0.39, 0.29) is 12.0 Å². The van der Waals surface area contributed by atoms with Gasteiger partial charge in [-0.2, -0.15) is 5.10 Å². The summed E-state index contributed by atoms with van der Waals surface area (Å²) in [5, 5.41) is 13.3. The second kappa shape index (κ2) is 3.31. The zero-order chi connectivity index (χ0) is 11.1. The first-order valence-electron chi connectivity index (χ1n) is 5.15. The minimum Gasteiger partial charge on any atom is -0.389 e. The standard InChI is InChI=1S/C11H11N3O2/c15-8-6-13(7-8)11(16)9-5-12-14-4-2-1-3-10(9)14/h1-5,8,15H,6-7H2. The predicted octanol–water partition coefficient (Wildman–Crippen LogP) is 0.151. The molecule has 3 rings (SSSR count). The van der Waals surface area contributed by atoms with Gasteiger partial charge >= 0.3 is 0 Å². The second-order valence-corrected chi connectivity index (χ2v) is 3.95. The van der Waals surface area contributed by atoms with Crippen molar-refractivity contribution in [3.63, 3.8) is 0 Å². The average Bonchev–Trinajstić information content (AvgIpc) is 2.67. The number of carbonyl (C=O) groups is 1. The van der Waals surface area contributed by atoms with Crippen LogP contribution in [0, 0.1) is 0 Å². The number of pyridine rings is 1. The normalized spacial score (nSPS) is 16.4. The van der Waals surface area contributed by atoms with Gasteiger partial charge in [-0.1, -0.05) is 6.07 Å².